The van der Waals surface area contributed by atoms with Gasteiger partial charge in [0.15, 0.2) is 11.5 Å². The molecule has 132 valence electrons. The first kappa shape index (κ1) is 17.7. The minimum absolute atomic E-state index is 0.156. The van der Waals surface area contributed by atoms with Crippen LogP contribution in [0.2, 0.25) is 0 Å². The van der Waals surface area contributed by atoms with Crippen LogP contribution in [0.15, 0.2) is 34.9 Å². The van der Waals surface area contributed by atoms with Crippen molar-refractivity contribution in [1.29, 1.82) is 5.26 Å². The summed E-state index contributed by atoms with van der Waals surface area (Å²) in [7, 11) is 1.59. The molecule has 2 heterocycles. The highest BCUT2D eigenvalue weighted by Crippen LogP contribution is 2.33. The summed E-state index contributed by atoms with van der Waals surface area (Å²) >= 11 is 1.39. The number of hydrogen-bond donors (Lipinski definition) is 1. The molecule has 3 rings (SSSR count). The Morgan fingerprint density at radius 1 is 1.38 bits per heavy atom. The number of amides is 1. The minimum Gasteiger partial charge on any atom is -0.497 e. The van der Waals surface area contributed by atoms with Gasteiger partial charge < -0.3 is 14.6 Å². The second kappa shape index (κ2) is 7.42. The van der Waals surface area contributed by atoms with Crippen LogP contribution in [0.5, 0.6) is 5.75 Å². The van der Waals surface area contributed by atoms with Gasteiger partial charge in [-0.2, -0.15) is 5.26 Å². The summed E-state index contributed by atoms with van der Waals surface area (Å²) in [5.41, 5.74) is 2.42. The standard InChI is InChI=1S/C19H17N3O3S/c1-4-14-11(2)26-19(15(14)10-20)21-18(23)16-9-17(25-22-16)12-5-7-13(24-3)8-6-12/h5-9H,4H2,1-3H3,(H,21,23). The van der Waals surface area contributed by atoms with Crippen LogP contribution < -0.4 is 10.1 Å². The Balaban J connectivity index is 1.81. The van der Waals surface area contributed by atoms with Gasteiger partial charge in [0, 0.05) is 16.5 Å². The van der Waals surface area contributed by atoms with Crippen LogP contribution in [-0.4, -0.2) is 18.2 Å². The molecular weight excluding hydrogens is 350 g/mol. The highest BCUT2D eigenvalue weighted by molar-refractivity contribution is 7.16. The van der Waals surface area contributed by atoms with E-state index in [0.717, 1.165) is 28.2 Å². The first-order chi connectivity index (χ1) is 12.6. The number of aryl methyl sites for hydroxylation is 1. The lowest BCUT2D eigenvalue weighted by molar-refractivity contribution is 0.101. The zero-order valence-corrected chi connectivity index (χ0v) is 15.4. The topological polar surface area (TPSA) is 88.2 Å². The molecule has 1 aromatic carbocycles. The van der Waals surface area contributed by atoms with E-state index in [1.165, 1.54) is 11.3 Å². The molecule has 3 aromatic rings. The molecule has 0 unspecified atom stereocenters. The quantitative estimate of drug-likeness (QED) is 0.722. The lowest BCUT2D eigenvalue weighted by Gasteiger charge is -2.00. The van der Waals surface area contributed by atoms with Crippen molar-refractivity contribution < 1.29 is 14.1 Å². The Kier molecular flexibility index (Phi) is 5.05. The second-order valence-electron chi connectivity index (χ2n) is 5.57. The fourth-order valence-corrected chi connectivity index (χ4v) is 3.74. The lowest BCUT2D eigenvalue weighted by atomic mass is 10.1. The number of benzene rings is 1. The van der Waals surface area contributed by atoms with Crippen molar-refractivity contribution in [2.75, 3.05) is 12.4 Å². The fraction of sp³-hybridized carbons (Fsp3) is 0.211. The largest absolute Gasteiger partial charge is 0.497 e. The predicted molar refractivity (Wildman–Crippen MR) is 99.6 cm³/mol. The molecule has 6 nitrogen and oxygen atoms in total. The van der Waals surface area contributed by atoms with E-state index in [9.17, 15) is 10.1 Å². The van der Waals surface area contributed by atoms with Crippen LogP contribution in [0.3, 0.4) is 0 Å². The molecule has 0 saturated heterocycles. The lowest BCUT2D eigenvalue weighted by Crippen LogP contribution is -2.12. The Morgan fingerprint density at radius 3 is 2.73 bits per heavy atom. The number of nitrogens with one attached hydrogen (secondary N) is 1. The monoisotopic (exact) mass is 367 g/mol. The van der Waals surface area contributed by atoms with Crippen molar-refractivity contribution in [3.63, 3.8) is 0 Å². The predicted octanol–water partition coefficient (Wildman–Crippen LogP) is 4.41. The van der Waals surface area contributed by atoms with Crippen molar-refractivity contribution in [3.05, 3.63) is 52.0 Å². The molecule has 0 aliphatic rings. The number of methoxy groups -OCH3 is 1. The van der Waals surface area contributed by atoms with Crippen LogP contribution in [-0.2, 0) is 6.42 Å². The van der Waals surface area contributed by atoms with Crippen molar-refractivity contribution in [2.24, 2.45) is 0 Å². The number of rotatable bonds is 5. The summed E-state index contributed by atoms with van der Waals surface area (Å²) in [6.07, 6.45) is 0.743. The molecule has 2 aromatic heterocycles. The summed E-state index contributed by atoms with van der Waals surface area (Å²) < 4.78 is 10.4. The number of nitriles is 1. The number of carbonyl (C=O) groups excluding carboxylic acids is 1. The van der Waals surface area contributed by atoms with Crippen LogP contribution in [0.25, 0.3) is 11.3 Å². The zero-order valence-electron chi connectivity index (χ0n) is 14.6. The van der Waals surface area contributed by atoms with E-state index in [1.807, 2.05) is 26.0 Å². The smallest absolute Gasteiger partial charge is 0.278 e. The maximum atomic E-state index is 12.5. The van der Waals surface area contributed by atoms with E-state index in [4.69, 9.17) is 9.26 Å². The molecule has 0 saturated carbocycles. The fourth-order valence-electron chi connectivity index (χ4n) is 2.65. The van der Waals surface area contributed by atoms with E-state index < -0.39 is 5.91 Å². The normalized spacial score (nSPS) is 10.4. The Bertz CT molecular complexity index is 981. The van der Waals surface area contributed by atoms with Gasteiger partial charge in [-0.3, -0.25) is 4.79 Å². The van der Waals surface area contributed by atoms with E-state index in [-0.39, 0.29) is 5.69 Å². The number of aromatic nitrogens is 1. The van der Waals surface area contributed by atoms with Crippen LogP contribution in [0.1, 0.15) is 33.4 Å². The highest BCUT2D eigenvalue weighted by atomic mass is 32.1. The average molecular weight is 367 g/mol. The number of thiophene rings is 1. The highest BCUT2D eigenvalue weighted by Gasteiger charge is 2.19. The molecule has 1 N–H and O–H groups in total. The number of carbonyl (C=O) groups is 1. The SMILES string of the molecule is CCc1c(C)sc(NC(=O)c2cc(-c3ccc(OC)cc3)on2)c1C#N. The first-order valence-electron chi connectivity index (χ1n) is 8.02. The summed E-state index contributed by atoms with van der Waals surface area (Å²) in [5, 5.41) is 16.5. The number of nitrogens with zero attached hydrogens (tertiary/aromatic N) is 2. The summed E-state index contributed by atoms with van der Waals surface area (Å²) in [5.74, 6) is 0.805. The third-order valence-electron chi connectivity index (χ3n) is 4.02. The number of anilines is 1. The van der Waals surface area contributed by atoms with Gasteiger partial charge >= 0.3 is 0 Å². The van der Waals surface area contributed by atoms with Crippen molar-refractivity contribution >= 4 is 22.2 Å². The van der Waals surface area contributed by atoms with Gasteiger partial charge in [0.05, 0.1) is 12.7 Å². The van der Waals surface area contributed by atoms with Crippen molar-refractivity contribution in [1.82, 2.24) is 5.16 Å². The third-order valence-corrected chi connectivity index (χ3v) is 5.08. The van der Waals surface area contributed by atoms with Crippen LogP contribution in [0.4, 0.5) is 5.00 Å². The maximum absolute atomic E-state index is 12.5. The van der Waals surface area contributed by atoms with E-state index >= 15 is 0 Å². The van der Waals surface area contributed by atoms with Gasteiger partial charge in [-0.15, -0.1) is 11.3 Å². The van der Waals surface area contributed by atoms with E-state index in [2.05, 4.69) is 16.5 Å². The average Bonchev–Trinajstić information content (AvgIpc) is 3.26. The molecule has 0 spiro atoms. The molecule has 0 radical (unpaired) electrons. The zero-order chi connectivity index (χ0) is 18.7. The van der Waals surface area contributed by atoms with Crippen molar-refractivity contribution in [2.45, 2.75) is 20.3 Å². The number of hydrogen-bond acceptors (Lipinski definition) is 6. The van der Waals surface area contributed by atoms with Gasteiger partial charge in [-0.05, 0) is 43.2 Å². The van der Waals surface area contributed by atoms with Crippen LogP contribution >= 0.6 is 11.3 Å². The molecule has 0 fully saturated rings. The molecule has 0 atom stereocenters. The Morgan fingerprint density at radius 2 is 2.12 bits per heavy atom. The summed E-state index contributed by atoms with van der Waals surface area (Å²) in [6, 6.07) is 11.0. The molecule has 0 bridgehead atoms. The van der Waals surface area contributed by atoms with Gasteiger partial charge in [0.2, 0.25) is 0 Å². The molecule has 0 aliphatic carbocycles. The Hall–Kier alpha value is -3.11. The van der Waals surface area contributed by atoms with E-state index in [1.54, 1.807) is 25.3 Å². The van der Waals surface area contributed by atoms with E-state index in [0.29, 0.717) is 16.3 Å². The first-order valence-corrected chi connectivity index (χ1v) is 8.83. The molecular formula is C19H17N3O3S. The Labute approximate surface area is 155 Å². The minimum atomic E-state index is -0.408. The summed E-state index contributed by atoms with van der Waals surface area (Å²) in [4.78, 5) is 13.5. The summed E-state index contributed by atoms with van der Waals surface area (Å²) in [6.45, 7) is 3.93. The molecule has 7 heteroatoms. The maximum Gasteiger partial charge on any atom is 0.278 e. The second-order valence-corrected chi connectivity index (χ2v) is 6.79. The van der Waals surface area contributed by atoms with Crippen molar-refractivity contribution in [3.8, 4) is 23.1 Å². The number of ether oxygens (including phenoxy) is 1. The molecule has 1 amide bonds. The van der Waals surface area contributed by atoms with Gasteiger partial charge in [0.1, 0.15) is 16.8 Å². The van der Waals surface area contributed by atoms with Gasteiger partial charge in [-0.25, -0.2) is 0 Å². The molecule has 26 heavy (non-hydrogen) atoms. The molecule has 0 aliphatic heterocycles. The van der Waals surface area contributed by atoms with Crippen LogP contribution in [0, 0.1) is 18.3 Å². The third kappa shape index (κ3) is 3.32. The van der Waals surface area contributed by atoms with Gasteiger partial charge in [-0.1, -0.05) is 12.1 Å². The van der Waals surface area contributed by atoms with Gasteiger partial charge in [0.25, 0.3) is 5.91 Å².